The zero-order chi connectivity index (χ0) is 28.0. The predicted molar refractivity (Wildman–Crippen MR) is 174 cm³/mol. The van der Waals surface area contributed by atoms with Crippen molar-refractivity contribution in [2.75, 3.05) is 5.75 Å². The van der Waals surface area contributed by atoms with Gasteiger partial charge >= 0.3 is 0 Å². The Morgan fingerprint density at radius 2 is 1.22 bits per heavy atom. The van der Waals surface area contributed by atoms with Crippen molar-refractivity contribution in [2.45, 2.75) is 125 Å². The van der Waals surface area contributed by atoms with Crippen molar-refractivity contribution < 1.29 is 25.9 Å². The van der Waals surface area contributed by atoms with Crippen LogP contribution >= 0.6 is 95.6 Å². The zero-order valence-electron chi connectivity index (χ0n) is 20.6. The third-order valence-electron chi connectivity index (χ3n) is 5.88. The van der Waals surface area contributed by atoms with E-state index >= 15 is 0 Å². The highest BCUT2D eigenvalue weighted by Gasteiger charge is 2.40. The molecule has 0 spiro atoms. The summed E-state index contributed by atoms with van der Waals surface area (Å²) < 4.78 is 64.6. The first kappa shape index (κ1) is 38.7. The van der Waals surface area contributed by atoms with Crippen LogP contribution in [0.2, 0.25) is 0 Å². The van der Waals surface area contributed by atoms with Gasteiger partial charge in [0.15, 0.2) is 0 Å². The van der Waals surface area contributed by atoms with E-state index in [-0.39, 0.29) is 15.4 Å². The Morgan fingerprint density at radius 1 is 0.722 bits per heavy atom. The SMILES string of the molecule is CCCCCC[C@@H](Br)[C@@H](Br)[C@H]([C@H](Br)C[C@@H](Br)CCCCCCCCC(Br)(Br)CS(=O)(=O)O)S(=O)(=O)O. The van der Waals surface area contributed by atoms with E-state index in [0.717, 1.165) is 77.0 Å². The Morgan fingerprint density at radius 3 is 1.75 bits per heavy atom. The monoisotopic (exact) mass is 938 g/mol. The average molecular weight is 944 g/mol. The molecule has 6 nitrogen and oxygen atoms in total. The van der Waals surface area contributed by atoms with Crippen LogP contribution in [-0.4, -0.2) is 59.5 Å². The summed E-state index contributed by atoms with van der Waals surface area (Å²) in [6.45, 7) is 2.15. The Bertz CT molecular complexity index is 797. The molecule has 14 heteroatoms. The second-order valence-electron chi connectivity index (χ2n) is 9.38. The molecule has 5 atom stereocenters. The van der Waals surface area contributed by atoms with Crippen LogP contribution in [0.3, 0.4) is 0 Å². The van der Waals surface area contributed by atoms with Crippen molar-refractivity contribution in [3.63, 3.8) is 0 Å². The van der Waals surface area contributed by atoms with E-state index in [9.17, 15) is 21.4 Å². The van der Waals surface area contributed by atoms with Gasteiger partial charge in [-0.15, -0.1) is 0 Å². The summed E-state index contributed by atoms with van der Waals surface area (Å²) in [6, 6.07) is 0. The molecule has 0 heterocycles. The normalized spacial score (nSPS) is 17.5. The quantitative estimate of drug-likeness (QED) is 0.0637. The van der Waals surface area contributed by atoms with Crippen LogP contribution in [0, 0.1) is 0 Å². The maximum absolute atomic E-state index is 12.2. The van der Waals surface area contributed by atoms with Crippen LogP contribution in [-0.2, 0) is 20.2 Å². The molecule has 36 heavy (non-hydrogen) atoms. The van der Waals surface area contributed by atoms with Crippen LogP contribution in [0.25, 0.3) is 0 Å². The molecule has 0 radical (unpaired) electrons. The van der Waals surface area contributed by atoms with Crippen LogP contribution < -0.4 is 0 Å². The lowest BCUT2D eigenvalue weighted by Crippen LogP contribution is -2.42. The zero-order valence-corrected chi connectivity index (χ0v) is 31.8. The minimum Gasteiger partial charge on any atom is -0.285 e. The second kappa shape index (κ2) is 19.8. The third kappa shape index (κ3) is 19.7. The average Bonchev–Trinajstić information content (AvgIpc) is 2.70. The van der Waals surface area contributed by atoms with Crippen molar-refractivity contribution in [3.05, 3.63) is 0 Å². The summed E-state index contributed by atoms with van der Waals surface area (Å²) in [5.74, 6) is -0.370. The van der Waals surface area contributed by atoms with Gasteiger partial charge in [0.25, 0.3) is 20.2 Å². The largest absolute Gasteiger partial charge is 0.285 e. The molecule has 0 aliphatic rings. The maximum Gasteiger partial charge on any atom is 0.270 e. The molecule has 0 rings (SSSR count). The summed E-state index contributed by atoms with van der Waals surface area (Å²) in [4.78, 5) is -0.726. The van der Waals surface area contributed by atoms with E-state index in [1.54, 1.807) is 0 Å². The molecule has 0 aliphatic carbocycles. The van der Waals surface area contributed by atoms with E-state index in [0.29, 0.717) is 12.8 Å². The summed E-state index contributed by atoms with van der Waals surface area (Å²) in [6.07, 6.45) is 13.3. The van der Waals surface area contributed by atoms with E-state index in [2.05, 4.69) is 103 Å². The van der Waals surface area contributed by atoms with Gasteiger partial charge in [0.2, 0.25) is 0 Å². The first-order valence-corrected chi connectivity index (χ1v) is 20.7. The lowest BCUT2D eigenvalue weighted by atomic mass is 10.0. The van der Waals surface area contributed by atoms with Crippen molar-refractivity contribution >= 4 is 116 Å². The summed E-state index contributed by atoms with van der Waals surface area (Å²) in [7, 11) is -8.28. The maximum atomic E-state index is 12.2. The Labute approximate surface area is 269 Å². The number of halogens is 6. The van der Waals surface area contributed by atoms with Crippen molar-refractivity contribution in [3.8, 4) is 0 Å². The van der Waals surface area contributed by atoms with E-state index < -0.39 is 38.4 Å². The van der Waals surface area contributed by atoms with Gasteiger partial charge in [-0.05, 0) is 25.7 Å². The molecule has 2 N–H and O–H groups in total. The topological polar surface area (TPSA) is 109 Å². The van der Waals surface area contributed by atoms with Crippen LogP contribution in [0.4, 0.5) is 0 Å². The standard InChI is InChI=1S/C22H40Br6O6S2/c1-2-3-4-10-13-18(24)20(26)21(36(32,33)34)19(25)15-17(23)12-9-7-5-6-8-11-14-22(27,28)16-35(29,30)31/h17-21H,2-16H2,1H3,(H,29,30,31)(H,32,33,34)/t17-,18+,19+,20+,21-/m0/s1. The Balaban J connectivity index is 4.37. The minimum absolute atomic E-state index is 0.0533. The molecular weight excluding hydrogens is 904 g/mol. The molecule has 0 aromatic heterocycles. The molecule has 0 bridgehead atoms. The summed E-state index contributed by atoms with van der Waals surface area (Å²) in [5.41, 5.74) is 0. The fraction of sp³-hybridized carbons (Fsp3) is 1.00. The number of alkyl halides is 6. The van der Waals surface area contributed by atoms with E-state index in [1.165, 1.54) is 0 Å². The molecule has 0 amide bonds. The first-order chi connectivity index (χ1) is 16.5. The van der Waals surface area contributed by atoms with E-state index in [4.69, 9.17) is 4.55 Å². The molecule has 218 valence electrons. The molecule has 0 fully saturated rings. The molecule has 0 saturated carbocycles. The Kier molecular flexibility index (Phi) is 21.2. The van der Waals surface area contributed by atoms with Gasteiger partial charge in [-0.25, -0.2) is 0 Å². The van der Waals surface area contributed by atoms with Gasteiger partial charge in [0.1, 0.15) is 11.0 Å². The van der Waals surface area contributed by atoms with Gasteiger partial charge in [0, 0.05) is 19.3 Å². The van der Waals surface area contributed by atoms with Crippen molar-refractivity contribution in [2.24, 2.45) is 0 Å². The smallest absolute Gasteiger partial charge is 0.270 e. The van der Waals surface area contributed by atoms with Crippen LogP contribution in [0.15, 0.2) is 0 Å². The lowest BCUT2D eigenvalue weighted by molar-refractivity contribution is 0.454. The molecule has 0 saturated heterocycles. The minimum atomic E-state index is -4.25. The fourth-order valence-corrected chi connectivity index (χ4v) is 13.5. The predicted octanol–water partition coefficient (Wildman–Crippen LogP) is 9.15. The number of rotatable bonds is 22. The molecule has 0 aromatic rings. The van der Waals surface area contributed by atoms with Crippen LogP contribution in [0.5, 0.6) is 0 Å². The number of unbranched alkanes of at least 4 members (excludes halogenated alkanes) is 8. The third-order valence-corrected chi connectivity index (χ3v) is 15.6. The molecule has 0 unspecified atom stereocenters. The fourth-order valence-electron chi connectivity index (χ4n) is 3.97. The highest BCUT2D eigenvalue weighted by molar-refractivity contribution is 9.25. The second-order valence-corrected chi connectivity index (χ2v) is 21.2. The van der Waals surface area contributed by atoms with E-state index in [1.807, 2.05) is 0 Å². The van der Waals surface area contributed by atoms with Gasteiger partial charge < -0.3 is 0 Å². The summed E-state index contributed by atoms with van der Waals surface area (Å²) >= 11 is 21.0. The van der Waals surface area contributed by atoms with Crippen molar-refractivity contribution in [1.82, 2.24) is 0 Å². The van der Waals surface area contributed by atoms with Gasteiger partial charge in [-0.2, -0.15) is 16.8 Å². The van der Waals surface area contributed by atoms with Gasteiger partial charge in [-0.1, -0.05) is 167 Å². The number of hydrogen-bond acceptors (Lipinski definition) is 4. The Hall–Kier alpha value is 2.70. The molecular formula is C22H40Br6O6S2. The molecule has 0 aliphatic heterocycles. The molecule has 0 aromatic carbocycles. The lowest BCUT2D eigenvalue weighted by Gasteiger charge is -2.29. The highest BCUT2D eigenvalue weighted by Crippen LogP contribution is 2.35. The van der Waals surface area contributed by atoms with Gasteiger partial charge in [0.05, 0.1) is 3.23 Å². The highest BCUT2D eigenvalue weighted by atomic mass is 79.9. The number of hydrogen-bond donors (Lipinski definition) is 2. The summed E-state index contributed by atoms with van der Waals surface area (Å²) in [5, 5.41) is -0.954. The van der Waals surface area contributed by atoms with Crippen LogP contribution in [0.1, 0.15) is 96.8 Å². The first-order valence-electron chi connectivity index (χ1n) is 12.4. The van der Waals surface area contributed by atoms with Gasteiger partial charge in [-0.3, -0.25) is 9.11 Å². The van der Waals surface area contributed by atoms with Crippen molar-refractivity contribution in [1.29, 1.82) is 0 Å².